The molecule has 45 heavy (non-hydrogen) atoms. The topological polar surface area (TPSA) is 4.93 Å². The van der Waals surface area contributed by atoms with Crippen molar-refractivity contribution in [3.63, 3.8) is 0 Å². The summed E-state index contributed by atoms with van der Waals surface area (Å²) >= 11 is 0. The molecule has 2 radical (unpaired) electrons. The van der Waals surface area contributed by atoms with Crippen LogP contribution in [-0.4, -0.2) is 12.4 Å². The molecule has 0 atom stereocenters. The molecule has 0 unspecified atom stereocenters. The Hall–Kier alpha value is -5.60. The fourth-order valence-corrected chi connectivity index (χ4v) is 7.69. The van der Waals surface area contributed by atoms with Gasteiger partial charge in [0.05, 0.1) is 16.4 Å². The Morgan fingerprint density at radius 3 is 1.67 bits per heavy atom. The summed E-state index contributed by atoms with van der Waals surface area (Å²) in [7, 11) is 6.50. The highest BCUT2D eigenvalue weighted by atomic mass is 15.0. The van der Waals surface area contributed by atoms with Crippen LogP contribution < -0.4 is 5.46 Å². The SMILES string of the molecule is [B]c1ccc2c(c1)C(c1ccccc1)(c1ccccc1)c1cc(-c3ccc4c(c3)c3ccccc3n4-c3ccccc3)ccc1-2. The van der Waals surface area contributed by atoms with Crippen LogP contribution in [0.15, 0.2) is 170 Å². The second kappa shape index (κ2) is 9.97. The highest BCUT2D eigenvalue weighted by Gasteiger charge is 2.46. The van der Waals surface area contributed by atoms with E-state index in [1.165, 1.54) is 72.0 Å². The fourth-order valence-electron chi connectivity index (χ4n) is 7.69. The minimum atomic E-state index is -0.494. The van der Waals surface area contributed by atoms with Gasteiger partial charge < -0.3 is 4.57 Å². The molecule has 0 saturated carbocycles. The third-order valence-corrected chi connectivity index (χ3v) is 9.60. The molecule has 1 aromatic heterocycles. The predicted octanol–water partition coefficient (Wildman–Crippen LogP) is 9.61. The number of nitrogens with zero attached hydrogens (tertiary/aromatic N) is 1. The Morgan fingerprint density at radius 2 is 0.956 bits per heavy atom. The average molecular weight is 570 g/mol. The van der Waals surface area contributed by atoms with E-state index in [0.717, 1.165) is 5.46 Å². The van der Waals surface area contributed by atoms with Gasteiger partial charge in [0.25, 0.3) is 0 Å². The molecule has 0 bridgehead atoms. The zero-order valence-corrected chi connectivity index (χ0v) is 24.7. The van der Waals surface area contributed by atoms with Crippen LogP contribution in [0.4, 0.5) is 0 Å². The largest absolute Gasteiger partial charge is 0.309 e. The Bertz CT molecular complexity index is 2330. The third-order valence-electron chi connectivity index (χ3n) is 9.60. The Kier molecular flexibility index (Phi) is 5.73. The maximum absolute atomic E-state index is 6.50. The van der Waals surface area contributed by atoms with Gasteiger partial charge in [-0.25, -0.2) is 0 Å². The summed E-state index contributed by atoms with van der Waals surface area (Å²) in [6.07, 6.45) is 0. The number of fused-ring (bicyclic) bond motifs is 6. The molecular weight excluding hydrogens is 541 g/mol. The average Bonchev–Trinajstić information content (AvgIpc) is 3.59. The van der Waals surface area contributed by atoms with Crippen molar-refractivity contribution in [3.8, 4) is 27.9 Å². The molecule has 7 aromatic carbocycles. The molecule has 0 saturated heterocycles. The Morgan fingerprint density at radius 1 is 0.422 bits per heavy atom. The lowest BCUT2D eigenvalue weighted by Crippen LogP contribution is -2.29. The summed E-state index contributed by atoms with van der Waals surface area (Å²) in [5, 5.41) is 2.51. The zero-order valence-electron chi connectivity index (χ0n) is 24.7. The molecule has 0 spiro atoms. The van der Waals surface area contributed by atoms with E-state index in [1.54, 1.807) is 0 Å². The number of hydrogen-bond donors (Lipinski definition) is 0. The minimum absolute atomic E-state index is 0.494. The van der Waals surface area contributed by atoms with E-state index < -0.39 is 5.41 Å². The smallest absolute Gasteiger partial charge is 0.113 e. The molecule has 1 nitrogen and oxygen atoms in total. The van der Waals surface area contributed by atoms with Gasteiger partial charge in [0, 0.05) is 16.5 Å². The summed E-state index contributed by atoms with van der Waals surface area (Å²) in [6, 6.07) is 61.5. The fraction of sp³-hybridized carbons (Fsp3) is 0.0233. The summed E-state index contributed by atoms with van der Waals surface area (Å²) in [4.78, 5) is 0. The van der Waals surface area contributed by atoms with Crippen LogP contribution in [0.1, 0.15) is 22.3 Å². The molecular formula is C43H28BN. The van der Waals surface area contributed by atoms with Gasteiger partial charge in [0.2, 0.25) is 0 Å². The maximum atomic E-state index is 6.50. The lowest BCUT2D eigenvalue weighted by Gasteiger charge is -2.34. The van der Waals surface area contributed by atoms with Gasteiger partial charge in [-0.1, -0.05) is 139 Å². The van der Waals surface area contributed by atoms with Crippen LogP contribution in [0.3, 0.4) is 0 Å². The molecule has 208 valence electrons. The van der Waals surface area contributed by atoms with Gasteiger partial charge in [0.15, 0.2) is 0 Å². The molecule has 2 heteroatoms. The highest BCUT2D eigenvalue weighted by molar-refractivity contribution is 6.32. The number of para-hydroxylation sites is 2. The standard InChI is InChI=1S/C43H28BN/c44-33-22-24-36-35-23-20-30(27-39(35)43(40(36)28-33,31-12-4-1-5-13-31)32-14-6-2-7-15-32)29-21-25-42-38(26-29)37-18-10-11-19-41(37)45(42)34-16-8-3-9-17-34/h1-28H. The van der Waals surface area contributed by atoms with E-state index >= 15 is 0 Å². The third kappa shape index (κ3) is 3.76. The Labute approximate surface area is 264 Å². The predicted molar refractivity (Wildman–Crippen MR) is 189 cm³/mol. The quantitative estimate of drug-likeness (QED) is 0.186. The summed E-state index contributed by atoms with van der Waals surface area (Å²) in [5.41, 5.74) is 13.7. The van der Waals surface area contributed by atoms with E-state index in [4.69, 9.17) is 7.85 Å². The normalized spacial score (nSPS) is 13.2. The number of aromatic nitrogens is 1. The van der Waals surface area contributed by atoms with Crippen molar-refractivity contribution in [1.29, 1.82) is 0 Å². The molecule has 0 fully saturated rings. The van der Waals surface area contributed by atoms with Crippen LogP contribution in [-0.2, 0) is 5.41 Å². The monoisotopic (exact) mass is 569 g/mol. The van der Waals surface area contributed by atoms with Crippen LogP contribution in [0.5, 0.6) is 0 Å². The van der Waals surface area contributed by atoms with Crippen LogP contribution in [0.2, 0.25) is 0 Å². The highest BCUT2D eigenvalue weighted by Crippen LogP contribution is 2.56. The lowest BCUT2D eigenvalue weighted by molar-refractivity contribution is 0.769. The molecule has 8 aromatic rings. The van der Waals surface area contributed by atoms with Crippen molar-refractivity contribution >= 4 is 35.1 Å². The molecule has 9 rings (SSSR count). The van der Waals surface area contributed by atoms with Gasteiger partial charge in [-0.15, -0.1) is 0 Å². The molecule has 1 aliphatic rings. The molecule has 1 heterocycles. The molecule has 0 amide bonds. The van der Waals surface area contributed by atoms with Crippen LogP contribution >= 0.6 is 0 Å². The van der Waals surface area contributed by atoms with E-state index in [0.29, 0.717) is 0 Å². The number of rotatable bonds is 4. The van der Waals surface area contributed by atoms with Crippen molar-refractivity contribution in [3.05, 3.63) is 192 Å². The Balaban J connectivity index is 1.31. The number of benzene rings is 7. The zero-order chi connectivity index (χ0) is 30.0. The maximum Gasteiger partial charge on any atom is 0.113 e. The molecule has 0 aliphatic heterocycles. The summed E-state index contributed by atoms with van der Waals surface area (Å²) in [5.74, 6) is 0. The van der Waals surface area contributed by atoms with Gasteiger partial charge in [0.1, 0.15) is 7.85 Å². The second-order valence-electron chi connectivity index (χ2n) is 12.0. The van der Waals surface area contributed by atoms with Crippen LogP contribution in [0, 0.1) is 0 Å². The summed E-state index contributed by atoms with van der Waals surface area (Å²) < 4.78 is 2.37. The first-order valence-electron chi connectivity index (χ1n) is 15.5. The van der Waals surface area contributed by atoms with E-state index in [-0.39, 0.29) is 0 Å². The first kappa shape index (κ1) is 25.9. The van der Waals surface area contributed by atoms with E-state index in [9.17, 15) is 0 Å². The lowest BCUT2D eigenvalue weighted by atomic mass is 9.67. The van der Waals surface area contributed by atoms with Crippen molar-refractivity contribution in [1.82, 2.24) is 4.57 Å². The van der Waals surface area contributed by atoms with E-state index in [1.807, 2.05) is 6.07 Å². The van der Waals surface area contributed by atoms with Crippen molar-refractivity contribution in [2.75, 3.05) is 0 Å². The second-order valence-corrected chi connectivity index (χ2v) is 12.0. The summed E-state index contributed by atoms with van der Waals surface area (Å²) in [6.45, 7) is 0. The van der Waals surface area contributed by atoms with Gasteiger partial charge in [-0.05, 0) is 80.9 Å². The van der Waals surface area contributed by atoms with E-state index in [2.05, 4.69) is 168 Å². The van der Waals surface area contributed by atoms with Gasteiger partial charge >= 0.3 is 0 Å². The van der Waals surface area contributed by atoms with Gasteiger partial charge in [-0.2, -0.15) is 0 Å². The number of hydrogen-bond acceptors (Lipinski definition) is 0. The molecule has 1 aliphatic carbocycles. The van der Waals surface area contributed by atoms with Crippen molar-refractivity contribution < 1.29 is 0 Å². The van der Waals surface area contributed by atoms with Crippen LogP contribution in [0.25, 0.3) is 49.7 Å². The van der Waals surface area contributed by atoms with Gasteiger partial charge in [-0.3, -0.25) is 0 Å². The van der Waals surface area contributed by atoms with Crippen molar-refractivity contribution in [2.24, 2.45) is 0 Å². The molecule has 0 N–H and O–H groups in total. The first-order chi connectivity index (χ1) is 22.2. The minimum Gasteiger partial charge on any atom is -0.309 e. The van der Waals surface area contributed by atoms with Crippen molar-refractivity contribution in [2.45, 2.75) is 5.41 Å². The first-order valence-corrected chi connectivity index (χ1v) is 15.5.